The van der Waals surface area contributed by atoms with Gasteiger partial charge in [0, 0.05) is 0 Å². The molecule has 0 heteroatoms. The zero-order valence-corrected chi connectivity index (χ0v) is 7.90. The zero-order chi connectivity index (χ0) is 8.53. The first-order valence-electron chi connectivity index (χ1n) is 4.63. The lowest BCUT2D eigenvalue weighted by molar-refractivity contribution is 0.804. The third-order valence-corrected chi connectivity index (χ3v) is 1.85. The lowest BCUT2D eigenvalue weighted by Crippen LogP contribution is -1.78. The van der Waals surface area contributed by atoms with E-state index in [1.807, 2.05) is 6.08 Å². The van der Waals surface area contributed by atoms with Gasteiger partial charge in [-0.1, -0.05) is 44.4 Å². The van der Waals surface area contributed by atoms with E-state index in [2.05, 4.69) is 26.5 Å². The molecule has 0 aromatic rings. The summed E-state index contributed by atoms with van der Waals surface area (Å²) in [5.41, 5.74) is 1.54. The van der Waals surface area contributed by atoms with Crippen molar-refractivity contribution in [3.05, 3.63) is 24.3 Å². The first-order chi connectivity index (χ1) is 5.35. The Morgan fingerprint density at radius 1 is 1.36 bits per heavy atom. The Labute approximate surface area is 71.0 Å². The molecule has 0 saturated carbocycles. The third kappa shape index (κ3) is 5.90. The molecule has 64 valence electrons. The summed E-state index contributed by atoms with van der Waals surface area (Å²) < 4.78 is 0. The van der Waals surface area contributed by atoms with Crippen molar-refractivity contribution in [2.45, 2.75) is 46.0 Å². The topological polar surface area (TPSA) is 0 Å². The van der Waals surface area contributed by atoms with Crippen molar-refractivity contribution in [2.75, 3.05) is 0 Å². The zero-order valence-electron chi connectivity index (χ0n) is 7.90. The van der Waals surface area contributed by atoms with Gasteiger partial charge >= 0.3 is 0 Å². The van der Waals surface area contributed by atoms with Gasteiger partial charge in [0.2, 0.25) is 0 Å². The quantitative estimate of drug-likeness (QED) is 0.397. The van der Waals surface area contributed by atoms with Crippen LogP contribution in [0.15, 0.2) is 24.3 Å². The van der Waals surface area contributed by atoms with Gasteiger partial charge in [0.15, 0.2) is 0 Å². The molecule has 0 saturated heterocycles. The maximum Gasteiger partial charge on any atom is -0.0142 e. The summed E-state index contributed by atoms with van der Waals surface area (Å²) in [5, 5.41) is 0. The molecule has 0 heterocycles. The van der Waals surface area contributed by atoms with Crippen LogP contribution in [0.1, 0.15) is 46.0 Å². The van der Waals surface area contributed by atoms with E-state index in [1.165, 1.54) is 31.3 Å². The number of allylic oxidation sites excluding steroid dienone is 3. The highest BCUT2D eigenvalue weighted by Crippen LogP contribution is 2.09. The molecule has 0 radical (unpaired) electrons. The van der Waals surface area contributed by atoms with Crippen molar-refractivity contribution in [2.24, 2.45) is 0 Å². The molecular formula is C11H20. The molecule has 0 spiro atoms. The van der Waals surface area contributed by atoms with Crippen LogP contribution < -0.4 is 0 Å². The van der Waals surface area contributed by atoms with E-state index in [-0.39, 0.29) is 0 Å². The first kappa shape index (κ1) is 10.5. The van der Waals surface area contributed by atoms with Gasteiger partial charge < -0.3 is 0 Å². The second-order valence-electron chi connectivity index (χ2n) is 2.85. The fourth-order valence-corrected chi connectivity index (χ4v) is 1.07. The number of rotatable bonds is 6. The summed E-state index contributed by atoms with van der Waals surface area (Å²) in [4.78, 5) is 0. The van der Waals surface area contributed by atoms with Gasteiger partial charge in [-0.05, 0) is 19.3 Å². The lowest BCUT2D eigenvalue weighted by Gasteiger charge is -1.99. The van der Waals surface area contributed by atoms with Crippen molar-refractivity contribution >= 4 is 0 Å². The molecule has 0 unspecified atom stereocenters. The van der Waals surface area contributed by atoms with Crippen LogP contribution in [0.3, 0.4) is 0 Å². The fraction of sp³-hybridized carbons (Fsp3) is 0.636. The Balaban J connectivity index is 3.61. The van der Waals surface area contributed by atoms with E-state index in [1.54, 1.807) is 0 Å². The Kier molecular flexibility index (Phi) is 7.23. The van der Waals surface area contributed by atoms with E-state index >= 15 is 0 Å². The minimum absolute atomic E-state index is 1.07. The van der Waals surface area contributed by atoms with Crippen molar-refractivity contribution in [1.29, 1.82) is 0 Å². The van der Waals surface area contributed by atoms with Gasteiger partial charge in [-0.25, -0.2) is 0 Å². The molecule has 0 nitrogen and oxygen atoms in total. The number of hydrogen-bond donors (Lipinski definition) is 0. The minimum Gasteiger partial charge on any atom is -0.103 e. The molecule has 0 N–H and O–H groups in total. The smallest absolute Gasteiger partial charge is 0.0142 e. The molecule has 0 aliphatic carbocycles. The number of hydrogen-bond acceptors (Lipinski definition) is 0. The van der Waals surface area contributed by atoms with Crippen LogP contribution in [0.5, 0.6) is 0 Å². The van der Waals surface area contributed by atoms with Crippen LogP contribution in [0.4, 0.5) is 0 Å². The second-order valence-corrected chi connectivity index (χ2v) is 2.85. The Bertz CT molecular complexity index is 120. The molecule has 0 aromatic carbocycles. The highest BCUT2D eigenvalue weighted by molar-refractivity contribution is 5.05. The highest BCUT2D eigenvalue weighted by Gasteiger charge is 1.89. The van der Waals surface area contributed by atoms with E-state index in [0.717, 1.165) is 6.42 Å². The summed E-state index contributed by atoms with van der Waals surface area (Å²) in [6, 6.07) is 0. The van der Waals surface area contributed by atoms with E-state index in [0.29, 0.717) is 0 Å². The normalized spacial score (nSPS) is 11.6. The van der Waals surface area contributed by atoms with E-state index < -0.39 is 0 Å². The number of unbranched alkanes of at least 4 members (excludes halogenated alkanes) is 2. The van der Waals surface area contributed by atoms with E-state index in [4.69, 9.17) is 0 Å². The monoisotopic (exact) mass is 152 g/mol. The molecule has 0 bridgehead atoms. The van der Waals surface area contributed by atoms with Crippen LogP contribution in [0, 0.1) is 0 Å². The predicted octanol–water partition coefficient (Wildman–Crippen LogP) is 4.09. The molecule has 0 fully saturated rings. The molecule has 0 rings (SSSR count). The molecule has 0 amide bonds. The Hall–Kier alpha value is -0.520. The Morgan fingerprint density at radius 3 is 2.55 bits per heavy atom. The van der Waals surface area contributed by atoms with Gasteiger partial charge in [0.25, 0.3) is 0 Å². The van der Waals surface area contributed by atoms with Crippen molar-refractivity contribution in [3.8, 4) is 0 Å². The molecule has 0 aliphatic rings. The van der Waals surface area contributed by atoms with Crippen LogP contribution in [0.25, 0.3) is 0 Å². The summed E-state index contributed by atoms with van der Waals surface area (Å²) in [6.45, 7) is 8.17. The summed E-state index contributed by atoms with van der Waals surface area (Å²) in [7, 11) is 0. The average molecular weight is 152 g/mol. The molecule has 0 atom stereocenters. The van der Waals surface area contributed by atoms with Crippen LogP contribution in [-0.2, 0) is 0 Å². The average Bonchev–Trinajstić information content (AvgIpc) is 2.03. The SMILES string of the molecule is C=CCC(=CCCCC)CC. The molecule has 0 aromatic heterocycles. The van der Waals surface area contributed by atoms with Crippen molar-refractivity contribution in [1.82, 2.24) is 0 Å². The summed E-state index contributed by atoms with van der Waals surface area (Å²) >= 11 is 0. The molecule has 0 aliphatic heterocycles. The van der Waals surface area contributed by atoms with Crippen LogP contribution in [0.2, 0.25) is 0 Å². The predicted molar refractivity (Wildman–Crippen MR) is 52.7 cm³/mol. The minimum atomic E-state index is 1.07. The van der Waals surface area contributed by atoms with Gasteiger partial charge in [-0.15, -0.1) is 6.58 Å². The van der Waals surface area contributed by atoms with Crippen molar-refractivity contribution < 1.29 is 0 Å². The Morgan fingerprint density at radius 2 is 2.09 bits per heavy atom. The second kappa shape index (κ2) is 7.59. The summed E-state index contributed by atoms with van der Waals surface area (Å²) in [6.07, 6.45) is 10.5. The third-order valence-electron chi connectivity index (χ3n) is 1.85. The summed E-state index contributed by atoms with van der Waals surface area (Å²) in [5.74, 6) is 0. The van der Waals surface area contributed by atoms with Crippen molar-refractivity contribution in [3.63, 3.8) is 0 Å². The van der Waals surface area contributed by atoms with E-state index in [9.17, 15) is 0 Å². The largest absolute Gasteiger partial charge is 0.103 e. The standard InChI is InChI=1S/C11H20/c1-4-7-8-10-11(6-3)9-5-2/h5,10H,2,4,6-9H2,1,3H3. The van der Waals surface area contributed by atoms with Crippen LogP contribution in [-0.4, -0.2) is 0 Å². The highest BCUT2D eigenvalue weighted by atomic mass is 14.0. The maximum atomic E-state index is 3.74. The maximum absolute atomic E-state index is 3.74. The first-order valence-corrected chi connectivity index (χ1v) is 4.63. The fourth-order valence-electron chi connectivity index (χ4n) is 1.07. The van der Waals surface area contributed by atoms with Gasteiger partial charge in [0.1, 0.15) is 0 Å². The van der Waals surface area contributed by atoms with Gasteiger partial charge in [-0.2, -0.15) is 0 Å². The van der Waals surface area contributed by atoms with Gasteiger partial charge in [-0.3, -0.25) is 0 Å². The lowest BCUT2D eigenvalue weighted by atomic mass is 10.1. The van der Waals surface area contributed by atoms with Crippen LogP contribution >= 0.6 is 0 Å². The van der Waals surface area contributed by atoms with Gasteiger partial charge in [0.05, 0.1) is 0 Å². The molecular weight excluding hydrogens is 132 g/mol. The molecule has 11 heavy (non-hydrogen) atoms.